The van der Waals surface area contributed by atoms with Crippen molar-refractivity contribution in [2.24, 2.45) is 12.8 Å². The first-order valence-corrected chi connectivity index (χ1v) is 6.54. The molecule has 104 valence electrons. The monoisotopic (exact) mass is 262 g/mol. The topological polar surface area (TPSA) is 64.9 Å². The number of aromatic nitrogens is 4. The van der Waals surface area contributed by atoms with Crippen molar-refractivity contribution in [3.63, 3.8) is 0 Å². The van der Waals surface area contributed by atoms with Crippen LogP contribution in [0.3, 0.4) is 0 Å². The second-order valence-electron chi connectivity index (χ2n) is 4.75. The summed E-state index contributed by atoms with van der Waals surface area (Å²) in [7, 11) is 4.07. The van der Waals surface area contributed by atoms with E-state index in [2.05, 4.69) is 35.2 Å². The van der Waals surface area contributed by atoms with Crippen molar-refractivity contribution in [1.29, 1.82) is 0 Å². The minimum atomic E-state index is 0.164. The summed E-state index contributed by atoms with van der Waals surface area (Å²) in [5.41, 5.74) is 7.07. The number of nitrogens with zero attached hydrogens (tertiary/aromatic N) is 5. The lowest BCUT2D eigenvalue weighted by Crippen LogP contribution is -2.30. The Hall–Kier alpha value is -1.66. The number of likely N-dealkylation sites (N-methyl/N-ethyl adjacent to an activating group) is 1. The molecule has 1 unspecified atom stereocenters. The predicted molar refractivity (Wildman–Crippen MR) is 74.4 cm³/mol. The lowest BCUT2D eigenvalue weighted by atomic mass is 10.1. The molecule has 0 saturated carbocycles. The quantitative estimate of drug-likeness (QED) is 0.835. The van der Waals surface area contributed by atoms with Crippen LogP contribution in [0.15, 0.2) is 24.8 Å². The van der Waals surface area contributed by atoms with E-state index in [9.17, 15) is 0 Å². The normalized spacial score (nSPS) is 13.1. The van der Waals surface area contributed by atoms with Crippen molar-refractivity contribution in [2.45, 2.75) is 26.1 Å². The van der Waals surface area contributed by atoms with Crippen LogP contribution in [0.5, 0.6) is 0 Å². The van der Waals surface area contributed by atoms with E-state index in [-0.39, 0.29) is 6.04 Å². The number of imidazole rings is 1. The molecule has 0 radical (unpaired) electrons. The van der Waals surface area contributed by atoms with Crippen LogP contribution < -0.4 is 5.73 Å². The van der Waals surface area contributed by atoms with Crippen LogP contribution in [0.25, 0.3) is 0 Å². The van der Waals surface area contributed by atoms with E-state index in [1.54, 1.807) is 0 Å². The molecule has 2 aromatic rings. The fraction of sp³-hybridized carbons (Fsp3) is 0.538. The van der Waals surface area contributed by atoms with Gasteiger partial charge in [0.15, 0.2) is 0 Å². The molecule has 6 nitrogen and oxygen atoms in total. The number of nitrogens with two attached hydrogens (primary N) is 1. The summed E-state index contributed by atoms with van der Waals surface area (Å²) in [6.07, 6.45) is 7.73. The maximum absolute atomic E-state index is 5.92. The van der Waals surface area contributed by atoms with E-state index < -0.39 is 0 Å². The molecular weight excluding hydrogens is 240 g/mol. The van der Waals surface area contributed by atoms with Gasteiger partial charge < -0.3 is 10.3 Å². The molecule has 2 aromatic heterocycles. The Morgan fingerprint density at radius 3 is 2.79 bits per heavy atom. The zero-order valence-electron chi connectivity index (χ0n) is 11.8. The molecule has 19 heavy (non-hydrogen) atoms. The second-order valence-corrected chi connectivity index (χ2v) is 4.75. The first kappa shape index (κ1) is 13.8. The summed E-state index contributed by atoms with van der Waals surface area (Å²) in [6, 6.07) is 0.164. The first-order chi connectivity index (χ1) is 9.15. The lowest BCUT2D eigenvalue weighted by Gasteiger charge is -2.25. The third-order valence-electron chi connectivity index (χ3n) is 3.43. The van der Waals surface area contributed by atoms with Crippen LogP contribution in [-0.4, -0.2) is 37.8 Å². The molecule has 2 rings (SSSR count). The van der Waals surface area contributed by atoms with Crippen molar-refractivity contribution < 1.29 is 0 Å². The third kappa shape index (κ3) is 3.02. The number of hydrogen-bond donors (Lipinski definition) is 1. The highest BCUT2D eigenvalue weighted by Crippen LogP contribution is 2.19. The molecule has 0 amide bonds. The van der Waals surface area contributed by atoms with Crippen LogP contribution in [0, 0.1) is 0 Å². The molecule has 0 fully saturated rings. The number of hydrogen-bond acceptors (Lipinski definition) is 4. The average Bonchev–Trinajstić information content (AvgIpc) is 3.01. The molecule has 6 heteroatoms. The molecule has 0 saturated heterocycles. The van der Waals surface area contributed by atoms with Gasteiger partial charge in [-0.05, 0) is 14.0 Å². The van der Waals surface area contributed by atoms with E-state index in [4.69, 9.17) is 5.73 Å². The van der Waals surface area contributed by atoms with Gasteiger partial charge in [0.25, 0.3) is 0 Å². The van der Waals surface area contributed by atoms with Crippen molar-refractivity contribution in [3.8, 4) is 0 Å². The molecule has 1 atom stereocenters. The molecule has 2 heterocycles. The smallest absolute Gasteiger partial charge is 0.122 e. The van der Waals surface area contributed by atoms with Gasteiger partial charge in [0.1, 0.15) is 5.82 Å². The summed E-state index contributed by atoms with van der Waals surface area (Å²) in [4.78, 5) is 6.55. The van der Waals surface area contributed by atoms with Gasteiger partial charge in [-0.2, -0.15) is 5.10 Å². The Kier molecular flexibility index (Phi) is 4.34. The van der Waals surface area contributed by atoms with Crippen molar-refractivity contribution in [3.05, 3.63) is 36.2 Å². The molecule has 0 aliphatic rings. The number of aryl methyl sites for hydroxylation is 2. The fourth-order valence-corrected chi connectivity index (χ4v) is 2.18. The Bertz CT molecular complexity index is 515. The van der Waals surface area contributed by atoms with Crippen LogP contribution in [0.2, 0.25) is 0 Å². The maximum atomic E-state index is 5.92. The van der Waals surface area contributed by atoms with E-state index in [0.717, 1.165) is 24.5 Å². The molecule has 0 aromatic carbocycles. The molecule has 0 aliphatic carbocycles. The van der Waals surface area contributed by atoms with Crippen molar-refractivity contribution in [2.75, 3.05) is 13.6 Å². The van der Waals surface area contributed by atoms with Crippen LogP contribution in [0.1, 0.15) is 24.4 Å². The number of rotatable bonds is 6. The highest BCUT2D eigenvalue weighted by molar-refractivity contribution is 5.11. The van der Waals surface area contributed by atoms with E-state index in [1.165, 1.54) is 0 Å². The van der Waals surface area contributed by atoms with Gasteiger partial charge in [-0.15, -0.1) is 0 Å². The zero-order valence-corrected chi connectivity index (χ0v) is 11.8. The fourth-order valence-electron chi connectivity index (χ4n) is 2.18. The highest BCUT2D eigenvalue weighted by atomic mass is 15.3. The molecular formula is C13H22N6. The average molecular weight is 262 g/mol. The standard InChI is InChI=1S/C13H22N6/c1-4-19-9-11(8-16-19)12(7-14)18(3)10-13-15-5-6-17(13)2/h5-6,8-9,12H,4,7,10,14H2,1-3H3. The minimum Gasteiger partial charge on any atom is -0.337 e. The van der Waals surface area contributed by atoms with Gasteiger partial charge in [-0.1, -0.05) is 0 Å². The molecule has 0 spiro atoms. The summed E-state index contributed by atoms with van der Waals surface area (Å²) >= 11 is 0. The van der Waals surface area contributed by atoms with Crippen molar-refractivity contribution >= 4 is 0 Å². The van der Waals surface area contributed by atoms with Gasteiger partial charge in [-0.25, -0.2) is 4.98 Å². The van der Waals surface area contributed by atoms with Gasteiger partial charge in [0, 0.05) is 44.3 Å². The molecule has 0 bridgehead atoms. The van der Waals surface area contributed by atoms with Gasteiger partial charge >= 0.3 is 0 Å². The van der Waals surface area contributed by atoms with Crippen molar-refractivity contribution in [1.82, 2.24) is 24.2 Å². The minimum absolute atomic E-state index is 0.164. The lowest BCUT2D eigenvalue weighted by molar-refractivity contribution is 0.233. The Morgan fingerprint density at radius 2 is 2.26 bits per heavy atom. The van der Waals surface area contributed by atoms with E-state index in [0.29, 0.717) is 6.54 Å². The second kappa shape index (κ2) is 5.99. The zero-order chi connectivity index (χ0) is 13.8. The van der Waals surface area contributed by atoms with Gasteiger partial charge in [-0.3, -0.25) is 9.58 Å². The largest absolute Gasteiger partial charge is 0.337 e. The predicted octanol–water partition coefficient (Wildman–Crippen LogP) is 0.768. The maximum Gasteiger partial charge on any atom is 0.122 e. The van der Waals surface area contributed by atoms with Crippen LogP contribution >= 0.6 is 0 Å². The third-order valence-corrected chi connectivity index (χ3v) is 3.43. The molecule has 0 aliphatic heterocycles. The Balaban J connectivity index is 2.10. The van der Waals surface area contributed by atoms with E-state index >= 15 is 0 Å². The Labute approximate surface area is 113 Å². The first-order valence-electron chi connectivity index (χ1n) is 6.54. The highest BCUT2D eigenvalue weighted by Gasteiger charge is 2.18. The van der Waals surface area contributed by atoms with Crippen LogP contribution in [0.4, 0.5) is 0 Å². The van der Waals surface area contributed by atoms with E-state index in [1.807, 2.05) is 34.9 Å². The molecule has 2 N–H and O–H groups in total. The Morgan fingerprint density at radius 1 is 1.47 bits per heavy atom. The summed E-state index contributed by atoms with van der Waals surface area (Å²) in [5.74, 6) is 1.03. The van der Waals surface area contributed by atoms with Gasteiger partial charge in [0.05, 0.1) is 18.8 Å². The van der Waals surface area contributed by atoms with Gasteiger partial charge in [0.2, 0.25) is 0 Å². The summed E-state index contributed by atoms with van der Waals surface area (Å²) in [5, 5.41) is 4.31. The SMILES string of the molecule is CCn1cc(C(CN)N(C)Cc2nccn2C)cn1. The summed E-state index contributed by atoms with van der Waals surface area (Å²) in [6.45, 7) is 4.28. The van der Waals surface area contributed by atoms with Crippen LogP contribution in [-0.2, 0) is 20.1 Å². The summed E-state index contributed by atoms with van der Waals surface area (Å²) < 4.78 is 3.95.